The molecule has 0 radical (unpaired) electrons. The van der Waals surface area contributed by atoms with E-state index in [0.717, 1.165) is 21.9 Å². The van der Waals surface area contributed by atoms with Crippen LogP contribution in [-0.2, 0) is 13.2 Å². The fourth-order valence-corrected chi connectivity index (χ4v) is 3.11. The Balaban J connectivity index is 1.67. The number of rotatable bonds is 7. The van der Waals surface area contributed by atoms with E-state index in [9.17, 15) is 0 Å². The molecule has 2 nitrogen and oxygen atoms in total. The quantitative estimate of drug-likeness (QED) is 0.548. The fraction of sp³-hybridized carbons (Fsp3) is 0.217. The predicted octanol–water partition coefficient (Wildman–Crippen LogP) is 6.08. The molecule has 3 rings (SSSR count). The van der Waals surface area contributed by atoms with E-state index >= 15 is 0 Å². The van der Waals surface area contributed by atoms with E-state index in [1.54, 1.807) is 0 Å². The summed E-state index contributed by atoms with van der Waals surface area (Å²) in [6, 6.07) is 24.8. The number of benzene rings is 3. The van der Waals surface area contributed by atoms with E-state index in [2.05, 4.69) is 67.7 Å². The van der Waals surface area contributed by atoms with Gasteiger partial charge in [0.1, 0.15) is 12.4 Å². The van der Waals surface area contributed by atoms with Crippen molar-refractivity contribution in [3.8, 4) is 5.75 Å². The molecule has 0 saturated carbocycles. The summed E-state index contributed by atoms with van der Waals surface area (Å²) in [5, 5.41) is 4.27. The lowest BCUT2D eigenvalue weighted by Crippen LogP contribution is -2.18. The average Bonchev–Trinajstić information content (AvgIpc) is 2.66. The molecule has 0 heterocycles. The Morgan fingerprint density at radius 2 is 1.77 bits per heavy atom. The van der Waals surface area contributed by atoms with Crippen molar-refractivity contribution in [1.29, 1.82) is 0 Å². The largest absolute Gasteiger partial charge is 0.489 e. The smallest absolute Gasteiger partial charge is 0.124 e. The summed E-state index contributed by atoms with van der Waals surface area (Å²) in [5.74, 6) is 0.865. The van der Waals surface area contributed by atoms with Crippen LogP contribution in [0, 0.1) is 6.92 Å². The minimum absolute atomic E-state index is 0.250. The Morgan fingerprint density at radius 1 is 0.962 bits per heavy atom. The summed E-state index contributed by atoms with van der Waals surface area (Å²) in [5.41, 5.74) is 4.72. The lowest BCUT2D eigenvalue weighted by Gasteiger charge is -2.17. The van der Waals surface area contributed by atoms with Crippen LogP contribution < -0.4 is 10.1 Å². The Kier molecular flexibility index (Phi) is 6.32. The summed E-state index contributed by atoms with van der Waals surface area (Å²) >= 11 is 6.20. The lowest BCUT2D eigenvalue weighted by molar-refractivity contribution is 0.301. The molecule has 0 spiro atoms. The van der Waals surface area contributed by atoms with Crippen LogP contribution in [0.3, 0.4) is 0 Å². The molecule has 3 heteroatoms. The number of hydrogen-bond donors (Lipinski definition) is 1. The number of ether oxygens (including phenoxy) is 1. The number of nitrogens with one attached hydrogen (secondary N) is 1. The van der Waals surface area contributed by atoms with Gasteiger partial charge >= 0.3 is 0 Å². The third-order valence-corrected chi connectivity index (χ3v) is 4.63. The van der Waals surface area contributed by atoms with E-state index in [1.165, 1.54) is 11.1 Å². The Morgan fingerprint density at radius 3 is 2.54 bits per heavy atom. The van der Waals surface area contributed by atoms with Crippen molar-refractivity contribution in [2.24, 2.45) is 0 Å². The molecule has 0 aliphatic carbocycles. The van der Waals surface area contributed by atoms with Crippen molar-refractivity contribution < 1.29 is 4.74 Å². The van der Waals surface area contributed by atoms with Crippen molar-refractivity contribution in [3.05, 3.63) is 100 Å². The molecule has 3 aromatic carbocycles. The van der Waals surface area contributed by atoms with Crippen LogP contribution in [0.25, 0.3) is 0 Å². The summed E-state index contributed by atoms with van der Waals surface area (Å²) in [6.07, 6.45) is 0. The van der Waals surface area contributed by atoms with Gasteiger partial charge in [-0.1, -0.05) is 71.8 Å². The molecule has 0 unspecified atom stereocenters. The van der Waals surface area contributed by atoms with Gasteiger partial charge in [0, 0.05) is 23.2 Å². The average molecular weight is 366 g/mol. The van der Waals surface area contributed by atoms with Gasteiger partial charge in [0.15, 0.2) is 0 Å². The maximum Gasteiger partial charge on any atom is 0.124 e. The van der Waals surface area contributed by atoms with Crippen LogP contribution >= 0.6 is 11.6 Å². The molecule has 0 amide bonds. The molecule has 0 saturated heterocycles. The first-order valence-electron chi connectivity index (χ1n) is 8.87. The van der Waals surface area contributed by atoms with Gasteiger partial charge in [-0.2, -0.15) is 0 Å². The van der Waals surface area contributed by atoms with E-state index in [1.807, 2.05) is 24.3 Å². The summed E-state index contributed by atoms with van der Waals surface area (Å²) in [7, 11) is 0. The molecule has 0 aliphatic rings. The van der Waals surface area contributed by atoms with E-state index in [-0.39, 0.29) is 6.04 Å². The Bertz CT molecular complexity index is 848. The molecule has 0 aliphatic heterocycles. The highest BCUT2D eigenvalue weighted by Gasteiger charge is 2.09. The maximum absolute atomic E-state index is 6.20. The second kappa shape index (κ2) is 8.88. The monoisotopic (exact) mass is 365 g/mol. The van der Waals surface area contributed by atoms with Crippen molar-refractivity contribution in [2.45, 2.75) is 33.0 Å². The van der Waals surface area contributed by atoms with E-state index in [0.29, 0.717) is 13.2 Å². The highest BCUT2D eigenvalue weighted by molar-refractivity contribution is 6.30. The molecule has 0 bridgehead atoms. The molecule has 3 aromatic rings. The minimum Gasteiger partial charge on any atom is -0.489 e. The summed E-state index contributed by atoms with van der Waals surface area (Å²) in [4.78, 5) is 0. The van der Waals surface area contributed by atoms with Crippen LogP contribution in [0.4, 0.5) is 0 Å². The zero-order valence-electron chi connectivity index (χ0n) is 15.2. The highest BCUT2D eigenvalue weighted by Crippen LogP contribution is 2.25. The Hall–Kier alpha value is -2.29. The van der Waals surface area contributed by atoms with Crippen molar-refractivity contribution in [2.75, 3.05) is 0 Å². The Labute approximate surface area is 160 Å². The highest BCUT2D eigenvalue weighted by atomic mass is 35.5. The standard InChI is InChI=1S/C23H24ClNO/c1-17-7-6-8-19(13-17)16-26-23-12-11-22(24)14-21(23)15-25-18(2)20-9-4-3-5-10-20/h3-14,18,25H,15-16H2,1-2H3/t18-/m0/s1. The van der Waals surface area contributed by atoms with Gasteiger partial charge in [0.2, 0.25) is 0 Å². The van der Waals surface area contributed by atoms with Crippen LogP contribution in [0.15, 0.2) is 72.8 Å². The van der Waals surface area contributed by atoms with Gasteiger partial charge in [-0.3, -0.25) is 0 Å². The normalized spacial score (nSPS) is 12.0. The maximum atomic E-state index is 6.20. The van der Waals surface area contributed by atoms with Crippen LogP contribution in [-0.4, -0.2) is 0 Å². The minimum atomic E-state index is 0.250. The van der Waals surface area contributed by atoms with E-state index < -0.39 is 0 Å². The SMILES string of the molecule is Cc1cccc(COc2ccc(Cl)cc2CN[C@@H](C)c2ccccc2)c1. The molecular formula is C23H24ClNO. The first-order valence-corrected chi connectivity index (χ1v) is 9.25. The molecule has 26 heavy (non-hydrogen) atoms. The predicted molar refractivity (Wildman–Crippen MR) is 109 cm³/mol. The summed E-state index contributed by atoms with van der Waals surface area (Å²) < 4.78 is 6.07. The lowest BCUT2D eigenvalue weighted by atomic mass is 10.1. The second-order valence-electron chi connectivity index (χ2n) is 6.54. The topological polar surface area (TPSA) is 21.3 Å². The number of halogens is 1. The van der Waals surface area contributed by atoms with E-state index in [4.69, 9.17) is 16.3 Å². The first-order chi connectivity index (χ1) is 12.6. The fourth-order valence-electron chi connectivity index (χ4n) is 2.91. The number of aryl methyl sites for hydroxylation is 1. The summed E-state index contributed by atoms with van der Waals surface area (Å²) in [6.45, 7) is 5.49. The van der Waals surface area contributed by atoms with Gasteiger partial charge in [-0.25, -0.2) is 0 Å². The van der Waals surface area contributed by atoms with Gasteiger partial charge < -0.3 is 10.1 Å². The van der Waals surface area contributed by atoms with Gasteiger partial charge in [-0.15, -0.1) is 0 Å². The first kappa shape index (κ1) is 18.5. The van der Waals surface area contributed by atoms with Gasteiger partial charge in [-0.05, 0) is 43.2 Å². The van der Waals surface area contributed by atoms with Crippen LogP contribution in [0.5, 0.6) is 5.75 Å². The molecule has 1 atom stereocenters. The third kappa shape index (κ3) is 5.10. The zero-order valence-corrected chi connectivity index (χ0v) is 16.0. The third-order valence-electron chi connectivity index (χ3n) is 4.40. The molecule has 134 valence electrons. The van der Waals surface area contributed by atoms with Crippen LogP contribution in [0.2, 0.25) is 5.02 Å². The van der Waals surface area contributed by atoms with Gasteiger partial charge in [0.25, 0.3) is 0 Å². The molecular weight excluding hydrogens is 342 g/mol. The number of hydrogen-bond acceptors (Lipinski definition) is 2. The zero-order chi connectivity index (χ0) is 18.4. The molecule has 1 N–H and O–H groups in total. The van der Waals surface area contributed by atoms with Crippen molar-refractivity contribution in [3.63, 3.8) is 0 Å². The molecule has 0 aromatic heterocycles. The van der Waals surface area contributed by atoms with Crippen LogP contribution in [0.1, 0.15) is 35.2 Å². The second-order valence-corrected chi connectivity index (χ2v) is 6.98. The van der Waals surface area contributed by atoms with Crippen molar-refractivity contribution in [1.82, 2.24) is 5.32 Å². The van der Waals surface area contributed by atoms with Crippen molar-refractivity contribution >= 4 is 11.6 Å². The molecule has 0 fully saturated rings. The van der Waals surface area contributed by atoms with Gasteiger partial charge in [0.05, 0.1) is 0 Å².